The predicted molar refractivity (Wildman–Crippen MR) is 88.9 cm³/mol. The molecule has 0 aliphatic rings. The van der Waals surface area contributed by atoms with Crippen molar-refractivity contribution in [3.63, 3.8) is 0 Å². The number of nitrogens with one attached hydrogen (secondary N) is 1. The highest BCUT2D eigenvalue weighted by Gasteiger charge is 2.09. The van der Waals surface area contributed by atoms with Gasteiger partial charge in [-0.05, 0) is 42.3 Å². The summed E-state index contributed by atoms with van der Waals surface area (Å²) in [5.41, 5.74) is 3.59. The number of anilines is 2. The Kier molecular flexibility index (Phi) is 4.91. The molecular formula is C17H21ClN2. The van der Waals surface area contributed by atoms with Crippen LogP contribution in [0.2, 0.25) is 5.02 Å². The normalized spacial score (nSPS) is 12.0. The molecule has 0 bridgehead atoms. The van der Waals surface area contributed by atoms with Gasteiger partial charge in [0, 0.05) is 30.5 Å². The van der Waals surface area contributed by atoms with Crippen molar-refractivity contribution in [3.8, 4) is 0 Å². The summed E-state index contributed by atoms with van der Waals surface area (Å²) in [6, 6.07) is 16.8. The molecule has 0 fully saturated rings. The molecule has 1 atom stereocenters. The number of hydrogen-bond donors (Lipinski definition) is 1. The molecule has 1 unspecified atom stereocenters. The van der Waals surface area contributed by atoms with Crippen LogP contribution in [-0.4, -0.2) is 14.1 Å². The summed E-state index contributed by atoms with van der Waals surface area (Å²) in [6.45, 7) is 2.18. The summed E-state index contributed by atoms with van der Waals surface area (Å²) in [6.07, 6.45) is 1.02. The SMILES string of the molecule is CCC(Nc1cccc(N(C)C)c1)c1ccc(Cl)cc1. The van der Waals surface area contributed by atoms with Gasteiger partial charge in [-0.25, -0.2) is 0 Å². The number of rotatable bonds is 5. The molecule has 0 radical (unpaired) electrons. The van der Waals surface area contributed by atoms with Gasteiger partial charge in [0.15, 0.2) is 0 Å². The maximum absolute atomic E-state index is 5.95. The summed E-state index contributed by atoms with van der Waals surface area (Å²) >= 11 is 5.95. The van der Waals surface area contributed by atoms with Crippen molar-refractivity contribution in [1.29, 1.82) is 0 Å². The maximum atomic E-state index is 5.95. The van der Waals surface area contributed by atoms with Crippen LogP contribution >= 0.6 is 11.6 Å². The second-order valence-electron chi connectivity index (χ2n) is 5.10. The van der Waals surface area contributed by atoms with Gasteiger partial charge in [-0.2, -0.15) is 0 Å². The zero-order chi connectivity index (χ0) is 14.5. The molecule has 2 nitrogen and oxygen atoms in total. The smallest absolute Gasteiger partial charge is 0.0511 e. The zero-order valence-corrected chi connectivity index (χ0v) is 13.0. The van der Waals surface area contributed by atoms with Gasteiger partial charge in [-0.3, -0.25) is 0 Å². The highest BCUT2D eigenvalue weighted by atomic mass is 35.5. The van der Waals surface area contributed by atoms with Crippen LogP contribution in [0.15, 0.2) is 48.5 Å². The van der Waals surface area contributed by atoms with Crippen LogP contribution in [-0.2, 0) is 0 Å². The van der Waals surface area contributed by atoms with Crippen LogP contribution in [0.5, 0.6) is 0 Å². The van der Waals surface area contributed by atoms with Gasteiger partial charge in [-0.15, -0.1) is 0 Å². The number of benzene rings is 2. The Hall–Kier alpha value is -1.67. The molecule has 0 heterocycles. The van der Waals surface area contributed by atoms with E-state index in [2.05, 4.69) is 67.6 Å². The minimum Gasteiger partial charge on any atom is -0.378 e. The monoisotopic (exact) mass is 288 g/mol. The third kappa shape index (κ3) is 3.67. The van der Waals surface area contributed by atoms with Gasteiger partial charge in [0.05, 0.1) is 6.04 Å². The Morgan fingerprint density at radius 3 is 2.40 bits per heavy atom. The van der Waals surface area contributed by atoms with E-state index in [1.165, 1.54) is 11.3 Å². The van der Waals surface area contributed by atoms with Crippen LogP contribution in [0.1, 0.15) is 24.9 Å². The van der Waals surface area contributed by atoms with Crippen molar-refractivity contribution in [2.75, 3.05) is 24.3 Å². The van der Waals surface area contributed by atoms with Gasteiger partial charge in [0.2, 0.25) is 0 Å². The van der Waals surface area contributed by atoms with E-state index >= 15 is 0 Å². The Bertz CT molecular complexity index is 549. The molecule has 2 aromatic rings. The summed E-state index contributed by atoms with van der Waals surface area (Å²) in [7, 11) is 4.10. The first-order chi connectivity index (χ1) is 9.60. The molecule has 2 rings (SSSR count). The molecule has 0 spiro atoms. The molecule has 3 heteroatoms. The Morgan fingerprint density at radius 2 is 1.80 bits per heavy atom. The van der Waals surface area contributed by atoms with Crippen LogP contribution in [0.25, 0.3) is 0 Å². The number of hydrogen-bond acceptors (Lipinski definition) is 2. The highest BCUT2D eigenvalue weighted by molar-refractivity contribution is 6.30. The van der Waals surface area contributed by atoms with E-state index in [-0.39, 0.29) is 0 Å². The van der Waals surface area contributed by atoms with Crippen molar-refractivity contribution < 1.29 is 0 Å². The van der Waals surface area contributed by atoms with E-state index in [4.69, 9.17) is 11.6 Å². The van der Waals surface area contributed by atoms with Crippen molar-refractivity contribution in [2.24, 2.45) is 0 Å². The van der Waals surface area contributed by atoms with Crippen LogP contribution in [0.3, 0.4) is 0 Å². The first-order valence-corrected chi connectivity index (χ1v) is 7.27. The van der Waals surface area contributed by atoms with Gasteiger partial charge in [-0.1, -0.05) is 36.7 Å². The average Bonchev–Trinajstić information content (AvgIpc) is 2.46. The van der Waals surface area contributed by atoms with E-state index in [1.807, 2.05) is 12.1 Å². The van der Waals surface area contributed by atoms with Crippen molar-refractivity contribution in [3.05, 3.63) is 59.1 Å². The lowest BCUT2D eigenvalue weighted by Crippen LogP contribution is -2.11. The molecule has 0 aliphatic carbocycles. The Labute approximate surface area is 126 Å². The predicted octanol–water partition coefficient (Wildman–Crippen LogP) is 4.97. The topological polar surface area (TPSA) is 15.3 Å². The van der Waals surface area contributed by atoms with Gasteiger partial charge < -0.3 is 10.2 Å². The van der Waals surface area contributed by atoms with Gasteiger partial charge in [0.25, 0.3) is 0 Å². The highest BCUT2D eigenvalue weighted by Crippen LogP contribution is 2.25. The molecule has 20 heavy (non-hydrogen) atoms. The number of halogens is 1. The quantitative estimate of drug-likeness (QED) is 0.836. The molecule has 0 aromatic heterocycles. The van der Waals surface area contributed by atoms with E-state index in [1.54, 1.807) is 0 Å². The fraction of sp³-hybridized carbons (Fsp3) is 0.294. The number of nitrogens with zero attached hydrogens (tertiary/aromatic N) is 1. The fourth-order valence-corrected chi connectivity index (χ4v) is 2.32. The Balaban J connectivity index is 2.17. The largest absolute Gasteiger partial charge is 0.378 e. The summed E-state index contributed by atoms with van der Waals surface area (Å²) in [5.74, 6) is 0. The van der Waals surface area contributed by atoms with Crippen molar-refractivity contribution in [2.45, 2.75) is 19.4 Å². The minimum absolute atomic E-state index is 0.296. The molecule has 1 N–H and O–H groups in total. The molecule has 106 valence electrons. The summed E-state index contributed by atoms with van der Waals surface area (Å²) in [4.78, 5) is 2.11. The summed E-state index contributed by atoms with van der Waals surface area (Å²) in [5, 5.41) is 4.37. The molecule has 2 aromatic carbocycles. The van der Waals surface area contributed by atoms with Crippen LogP contribution in [0, 0.1) is 0 Å². The minimum atomic E-state index is 0.296. The standard InChI is InChI=1S/C17H21ClN2/c1-4-17(13-8-10-14(18)11-9-13)19-15-6-5-7-16(12-15)20(2)3/h5-12,17,19H,4H2,1-3H3. The third-order valence-corrected chi connectivity index (χ3v) is 3.64. The van der Waals surface area contributed by atoms with E-state index in [9.17, 15) is 0 Å². The van der Waals surface area contributed by atoms with Gasteiger partial charge >= 0.3 is 0 Å². The fourth-order valence-electron chi connectivity index (χ4n) is 2.19. The molecule has 0 saturated carbocycles. The lowest BCUT2D eigenvalue weighted by atomic mass is 10.0. The Morgan fingerprint density at radius 1 is 1.10 bits per heavy atom. The molecule has 0 amide bonds. The van der Waals surface area contributed by atoms with E-state index < -0.39 is 0 Å². The second-order valence-corrected chi connectivity index (χ2v) is 5.54. The van der Waals surface area contributed by atoms with E-state index in [0.29, 0.717) is 6.04 Å². The average molecular weight is 289 g/mol. The molecular weight excluding hydrogens is 268 g/mol. The first kappa shape index (κ1) is 14.7. The van der Waals surface area contributed by atoms with Crippen molar-refractivity contribution >= 4 is 23.0 Å². The summed E-state index contributed by atoms with van der Waals surface area (Å²) < 4.78 is 0. The van der Waals surface area contributed by atoms with Crippen LogP contribution < -0.4 is 10.2 Å². The molecule has 0 saturated heterocycles. The third-order valence-electron chi connectivity index (χ3n) is 3.38. The van der Waals surface area contributed by atoms with E-state index in [0.717, 1.165) is 17.1 Å². The zero-order valence-electron chi connectivity index (χ0n) is 12.2. The lowest BCUT2D eigenvalue weighted by Gasteiger charge is -2.20. The maximum Gasteiger partial charge on any atom is 0.0511 e. The van der Waals surface area contributed by atoms with Crippen molar-refractivity contribution in [1.82, 2.24) is 0 Å². The lowest BCUT2D eigenvalue weighted by molar-refractivity contribution is 0.749. The molecule has 0 aliphatic heterocycles. The first-order valence-electron chi connectivity index (χ1n) is 6.89. The van der Waals surface area contributed by atoms with Gasteiger partial charge in [0.1, 0.15) is 0 Å². The second kappa shape index (κ2) is 6.67. The van der Waals surface area contributed by atoms with Crippen LogP contribution in [0.4, 0.5) is 11.4 Å².